The lowest BCUT2D eigenvalue weighted by Gasteiger charge is -1.99. The number of fused-ring (bicyclic) bond motifs is 1. The van der Waals surface area contributed by atoms with Gasteiger partial charge in [-0.2, -0.15) is 0 Å². The van der Waals surface area contributed by atoms with Crippen LogP contribution in [0.4, 0.5) is 10.1 Å². The second-order valence-electron chi connectivity index (χ2n) is 4.21. The van der Waals surface area contributed by atoms with Gasteiger partial charge < -0.3 is 5.73 Å². The van der Waals surface area contributed by atoms with E-state index >= 15 is 0 Å². The first-order valence-electron chi connectivity index (χ1n) is 5.56. The number of nitrogens with two attached hydrogens (primary N) is 1. The largest absolute Gasteiger partial charge is 0.399 e. The highest BCUT2D eigenvalue weighted by molar-refractivity contribution is 7.21. The summed E-state index contributed by atoms with van der Waals surface area (Å²) in [5, 5.41) is 0.888. The molecule has 0 atom stereocenters. The summed E-state index contributed by atoms with van der Waals surface area (Å²) in [7, 11) is 0. The van der Waals surface area contributed by atoms with Crippen LogP contribution in [0.1, 0.15) is 5.56 Å². The molecule has 0 aliphatic heterocycles. The number of rotatable bonds is 1. The average Bonchev–Trinajstić information content (AvgIpc) is 2.75. The van der Waals surface area contributed by atoms with Gasteiger partial charge >= 0.3 is 0 Å². The van der Waals surface area contributed by atoms with Crippen LogP contribution in [0.2, 0.25) is 0 Å². The van der Waals surface area contributed by atoms with Crippen molar-refractivity contribution in [2.75, 3.05) is 5.73 Å². The Morgan fingerprint density at radius 3 is 2.78 bits per heavy atom. The van der Waals surface area contributed by atoms with Crippen molar-refractivity contribution in [2.24, 2.45) is 0 Å². The lowest BCUT2D eigenvalue weighted by Crippen LogP contribution is -1.83. The zero-order chi connectivity index (χ0) is 12.7. The van der Waals surface area contributed by atoms with Crippen LogP contribution in [-0.2, 0) is 0 Å². The van der Waals surface area contributed by atoms with Gasteiger partial charge in [0.1, 0.15) is 10.8 Å². The smallest absolute Gasteiger partial charge is 0.126 e. The highest BCUT2D eigenvalue weighted by atomic mass is 32.1. The summed E-state index contributed by atoms with van der Waals surface area (Å²) in [5.41, 5.74) is 8.97. The summed E-state index contributed by atoms with van der Waals surface area (Å²) < 4.78 is 14.3. The molecule has 0 radical (unpaired) electrons. The number of aromatic nitrogens is 1. The number of benzene rings is 2. The molecule has 1 heterocycles. The van der Waals surface area contributed by atoms with Crippen molar-refractivity contribution in [3.8, 4) is 10.6 Å². The van der Waals surface area contributed by atoms with E-state index in [2.05, 4.69) is 4.98 Å². The van der Waals surface area contributed by atoms with E-state index in [1.165, 1.54) is 6.07 Å². The zero-order valence-electron chi connectivity index (χ0n) is 9.77. The fourth-order valence-corrected chi connectivity index (χ4v) is 2.85. The Morgan fingerprint density at radius 1 is 1.17 bits per heavy atom. The Morgan fingerprint density at radius 2 is 2.00 bits per heavy atom. The molecule has 0 bridgehead atoms. The van der Waals surface area contributed by atoms with Crippen LogP contribution in [0.5, 0.6) is 0 Å². The molecule has 0 saturated heterocycles. The Hall–Kier alpha value is -1.94. The number of nitrogen functional groups attached to an aromatic ring is 1. The topological polar surface area (TPSA) is 38.9 Å². The van der Waals surface area contributed by atoms with Gasteiger partial charge in [0.05, 0.1) is 10.2 Å². The van der Waals surface area contributed by atoms with E-state index in [0.717, 1.165) is 26.5 Å². The van der Waals surface area contributed by atoms with Crippen LogP contribution < -0.4 is 5.73 Å². The monoisotopic (exact) mass is 258 g/mol. The lowest BCUT2D eigenvalue weighted by atomic mass is 10.1. The summed E-state index contributed by atoms with van der Waals surface area (Å²) >= 11 is 1.57. The standard InChI is InChI=1S/C14H11FN2S/c1-8-6-9(2-4-11(8)15)14-17-12-5-3-10(16)7-13(12)18-14/h2-7H,16H2,1H3. The molecule has 18 heavy (non-hydrogen) atoms. The molecule has 3 aromatic rings. The summed E-state index contributed by atoms with van der Waals surface area (Å²) in [5.74, 6) is -0.191. The SMILES string of the molecule is Cc1cc(-c2nc3ccc(N)cc3s2)ccc1F. The fourth-order valence-electron chi connectivity index (χ4n) is 1.84. The molecule has 0 saturated carbocycles. The van der Waals surface area contributed by atoms with Gasteiger partial charge in [-0.25, -0.2) is 9.37 Å². The molecule has 2 aromatic carbocycles. The van der Waals surface area contributed by atoms with Gasteiger partial charge in [0, 0.05) is 11.3 Å². The van der Waals surface area contributed by atoms with Gasteiger partial charge in [0.2, 0.25) is 0 Å². The first kappa shape index (κ1) is 11.2. The summed E-state index contributed by atoms with van der Waals surface area (Å²) in [6.45, 7) is 1.75. The molecule has 0 aliphatic rings. The molecule has 0 unspecified atom stereocenters. The first-order valence-corrected chi connectivity index (χ1v) is 6.38. The van der Waals surface area contributed by atoms with Crippen molar-refractivity contribution in [2.45, 2.75) is 6.92 Å². The van der Waals surface area contributed by atoms with Crippen molar-refractivity contribution in [3.63, 3.8) is 0 Å². The number of hydrogen-bond acceptors (Lipinski definition) is 3. The van der Waals surface area contributed by atoms with E-state index in [4.69, 9.17) is 5.73 Å². The van der Waals surface area contributed by atoms with Crippen molar-refractivity contribution < 1.29 is 4.39 Å². The summed E-state index contributed by atoms with van der Waals surface area (Å²) in [6, 6.07) is 10.7. The van der Waals surface area contributed by atoms with Crippen molar-refractivity contribution in [1.82, 2.24) is 4.98 Å². The molecule has 3 rings (SSSR count). The van der Waals surface area contributed by atoms with Gasteiger partial charge in [-0.05, 0) is 48.9 Å². The molecular weight excluding hydrogens is 247 g/mol. The predicted octanol–water partition coefficient (Wildman–Crippen LogP) is 3.99. The quantitative estimate of drug-likeness (QED) is 0.670. The van der Waals surface area contributed by atoms with Gasteiger partial charge in [0.25, 0.3) is 0 Å². The second kappa shape index (κ2) is 4.07. The van der Waals surface area contributed by atoms with Crippen LogP contribution in [0, 0.1) is 12.7 Å². The minimum atomic E-state index is -0.191. The third kappa shape index (κ3) is 1.84. The van der Waals surface area contributed by atoms with Crippen LogP contribution in [0.3, 0.4) is 0 Å². The van der Waals surface area contributed by atoms with E-state index in [1.54, 1.807) is 24.3 Å². The van der Waals surface area contributed by atoms with E-state index in [-0.39, 0.29) is 5.82 Å². The Bertz CT molecular complexity index is 734. The van der Waals surface area contributed by atoms with Gasteiger partial charge in [0.15, 0.2) is 0 Å². The molecule has 1 aromatic heterocycles. The molecule has 2 N–H and O–H groups in total. The van der Waals surface area contributed by atoms with Crippen LogP contribution in [0.25, 0.3) is 20.8 Å². The van der Waals surface area contributed by atoms with Gasteiger partial charge in [-0.1, -0.05) is 0 Å². The number of aryl methyl sites for hydroxylation is 1. The predicted molar refractivity (Wildman–Crippen MR) is 74.2 cm³/mol. The molecule has 90 valence electrons. The third-order valence-corrected chi connectivity index (χ3v) is 3.88. The summed E-state index contributed by atoms with van der Waals surface area (Å²) in [6.07, 6.45) is 0. The highest BCUT2D eigenvalue weighted by Gasteiger charge is 2.08. The van der Waals surface area contributed by atoms with Gasteiger partial charge in [-0.3, -0.25) is 0 Å². The van der Waals surface area contributed by atoms with E-state index in [9.17, 15) is 4.39 Å². The van der Waals surface area contributed by atoms with E-state index in [1.807, 2.05) is 24.3 Å². The molecule has 4 heteroatoms. The van der Waals surface area contributed by atoms with E-state index < -0.39 is 0 Å². The Balaban J connectivity index is 2.16. The number of thiazole rings is 1. The molecule has 0 amide bonds. The molecule has 0 spiro atoms. The number of hydrogen-bond donors (Lipinski definition) is 1. The second-order valence-corrected chi connectivity index (χ2v) is 5.24. The first-order chi connectivity index (χ1) is 8.63. The van der Waals surface area contributed by atoms with Gasteiger partial charge in [-0.15, -0.1) is 11.3 Å². The Labute approximate surface area is 108 Å². The highest BCUT2D eigenvalue weighted by Crippen LogP contribution is 2.31. The number of nitrogens with zero attached hydrogens (tertiary/aromatic N) is 1. The van der Waals surface area contributed by atoms with Crippen LogP contribution in [0.15, 0.2) is 36.4 Å². The average molecular weight is 258 g/mol. The van der Waals surface area contributed by atoms with Crippen molar-refractivity contribution in [1.29, 1.82) is 0 Å². The fraction of sp³-hybridized carbons (Fsp3) is 0.0714. The molecular formula is C14H11FN2S. The molecule has 0 aliphatic carbocycles. The maximum absolute atomic E-state index is 13.2. The molecule has 0 fully saturated rings. The maximum atomic E-state index is 13.2. The minimum absolute atomic E-state index is 0.191. The van der Waals surface area contributed by atoms with Crippen molar-refractivity contribution >= 4 is 27.2 Å². The minimum Gasteiger partial charge on any atom is -0.399 e. The normalized spacial score (nSPS) is 11.0. The lowest BCUT2D eigenvalue weighted by molar-refractivity contribution is 0.619. The Kier molecular flexibility index (Phi) is 2.52. The summed E-state index contributed by atoms with van der Waals surface area (Å²) in [4.78, 5) is 4.54. The van der Waals surface area contributed by atoms with Crippen molar-refractivity contribution in [3.05, 3.63) is 47.8 Å². The molecule has 2 nitrogen and oxygen atoms in total. The zero-order valence-corrected chi connectivity index (χ0v) is 10.6. The number of halogens is 1. The van der Waals surface area contributed by atoms with E-state index in [0.29, 0.717) is 5.56 Å². The maximum Gasteiger partial charge on any atom is 0.126 e. The van der Waals surface area contributed by atoms with Crippen LogP contribution in [-0.4, -0.2) is 4.98 Å². The number of anilines is 1. The van der Waals surface area contributed by atoms with Crippen LogP contribution >= 0.6 is 11.3 Å². The third-order valence-electron chi connectivity index (χ3n) is 2.82.